The van der Waals surface area contributed by atoms with Crippen LogP contribution in [-0.2, 0) is 24.4 Å². The van der Waals surface area contributed by atoms with Crippen LogP contribution in [-0.4, -0.2) is 46.3 Å². The van der Waals surface area contributed by atoms with Gasteiger partial charge in [-0.15, -0.1) is 0 Å². The van der Waals surface area contributed by atoms with Crippen molar-refractivity contribution in [3.8, 4) is 0 Å². The van der Waals surface area contributed by atoms with Crippen molar-refractivity contribution in [2.45, 2.75) is 33.5 Å². The van der Waals surface area contributed by atoms with E-state index in [-0.39, 0.29) is 18.1 Å². The molecule has 0 aliphatic rings. The summed E-state index contributed by atoms with van der Waals surface area (Å²) in [6, 6.07) is 1.34. The van der Waals surface area contributed by atoms with Crippen molar-refractivity contribution in [2.75, 3.05) is 5.32 Å². The summed E-state index contributed by atoms with van der Waals surface area (Å²) >= 11 is 0. The highest BCUT2D eigenvalue weighted by molar-refractivity contribution is 5.90. The third-order valence-corrected chi connectivity index (χ3v) is 3.92. The predicted molar refractivity (Wildman–Crippen MR) is 91.8 cm³/mol. The van der Waals surface area contributed by atoms with Gasteiger partial charge in [0.25, 0.3) is 0 Å². The van der Waals surface area contributed by atoms with E-state index in [0.717, 1.165) is 17.8 Å². The van der Waals surface area contributed by atoms with E-state index in [1.807, 2.05) is 24.7 Å². The van der Waals surface area contributed by atoms with E-state index < -0.39 is 5.97 Å². The van der Waals surface area contributed by atoms with Crippen LogP contribution in [0.3, 0.4) is 0 Å². The van der Waals surface area contributed by atoms with E-state index in [2.05, 4.69) is 20.6 Å². The van der Waals surface area contributed by atoms with Gasteiger partial charge in [-0.1, -0.05) is 0 Å². The Kier molecular flexibility index (Phi) is 4.83. The summed E-state index contributed by atoms with van der Waals surface area (Å²) in [5, 5.41) is 23.9. The topological polar surface area (TPSA) is 120 Å². The van der Waals surface area contributed by atoms with Gasteiger partial charge in [0.2, 0.25) is 5.91 Å². The van der Waals surface area contributed by atoms with Crippen molar-refractivity contribution in [2.24, 2.45) is 0 Å². The Morgan fingerprint density at radius 1 is 1.23 bits per heavy atom. The Bertz CT molecular complexity index is 937. The lowest BCUT2D eigenvalue weighted by molar-refractivity contribution is -0.116. The summed E-state index contributed by atoms with van der Waals surface area (Å²) in [7, 11) is 0. The molecule has 0 atom stereocenters. The van der Waals surface area contributed by atoms with Crippen LogP contribution < -0.4 is 5.32 Å². The minimum atomic E-state index is -1.13. The molecule has 2 N–H and O–H groups in total. The maximum Gasteiger partial charge on any atom is 0.356 e. The largest absolute Gasteiger partial charge is 0.476 e. The highest BCUT2D eigenvalue weighted by atomic mass is 16.4. The zero-order valence-corrected chi connectivity index (χ0v) is 14.5. The predicted octanol–water partition coefficient (Wildman–Crippen LogP) is 0.990. The molecule has 3 heterocycles. The molecule has 3 rings (SSSR count). The van der Waals surface area contributed by atoms with E-state index in [1.54, 1.807) is 17.1 Å². The van der Waals surface area contributed by atoms with Crippen molar-refractivity contribution in [3.63, 3.8) is 0 Å². The first-order chi connectivity index (χ1) is 12.5. The molecule has 0 saturated heterocycles. The quantitative estimate of drug-likeness (QED) is 0.651. The SMILES string of the molecule is CCn1ncc(Cn2cc(NC(=O)Cn3ccc(C(=O)O)n3)cn2)c1C. The Hall–Kier alpha value is -3.43. The van der Waals surface area contributed by atoms with E-state index in [0.29, 0.717) is 12.2 Å². The summed E-state index contributed by atoms with van der Waals surface area (Å²) in [6.07, 6.45) is 6.55. The molecule has 0 unspecified atom stereocenters. The average molecular weight is 357 g/mol. The zero-order chi connectivity index (χ0) is 18.7. The number of aryl methyl sites for hydroxylation is 1. The number of amides is 1. The first-order valence-electron chi connectivity index (χ1n) is 8.06. The smallest absolute Gasteiger partial charge is 0.356 e. The average Bonchev–Trinajstić information content (AvgIpc) is 3.30. The monoisotopic (exact) mass is 357 g/mol. The maximum atomic E-state index is 12.1. The van der Waals surface area contributed by atoms with Crippen molar-refractivity contribution in [1.82, 2.24) is 29.3 Å². The summed E-state index contributed by atoms with van der Waals surface area (Å²) in [5.41, 5.74) is 2.60. The molecule has 3 aromatic heterocycles. The molecule has 26 heavy (non-hydrogen) atoms. The number of carboxylic acid groups (broad SMARTS) is 1. The Morgan fingerprint density at radius 3 is 2.69 bits per heavy atom. The van der Waals surface area contributed by atoms with Gasteiger partial charge < -0.3 is 10.4 Å². The van der Waals surface area contributed by atoms with Gasteiger partial charge in [-0.25, -0.2) is 4.79 Å². The second-order valence-corrected chi connectivity index (χ2v) is 5.75. The molecular formula is C16H19N7O3. The van der Waals surface area contributed by atoms with Crippen molar-refractivity contribution < 1.29 is 14.7 Å². The summed E-state index contributed by atoms with van der Waals surface area (Å²) in [4.78, 5) is 22.9. The molecule has 1 amide bonds. The van der Waals surface area contributed by atoms with Gasteiger partial charge in [-0.05, 0) is 19.9 Å². The highest BCUT2D eigenvalue weighted by Crippen LogP contribution is 2.11. The zero-order valence-electron chi connectivity index (χ0n) is 14.5. The standard InChI is InChI=1S/C16H19N7O3/c1-3-23-11(2)12(6-18-23)8-22-9-13(7-17-22)19-15(24)10-21-5-4-14(20-21)16(25)26/h4-7,9H,3,8,10H2,1-2H3,(H,19,24)(H,25,26). The third-order valence-electron chi connectivity index (χ3n) is 3.92. The van der Waals surface area contributed by atoms with Gasteiger partial charge in [0, 0.05) is 30.2 Å². The van der Waals surface area contributed by atoms with Crippen LogP contribution in [0.15, 0.2) is 30.9 Å². The molecule has 136 valence electrons. The van der Waals surface area contributed by atoms with Gasteiger partial charge >= 0.3 is 5.97 Å². The Balaban J connectivity index is 1.59. The first kappa shape index (κ1) is 17.4. The van der Waals surface area contributed by atoms with E-state index in [1.165, 1.54) is 16.9 Å². The van der Waals surface area contributed by atoms with Gasteiger partial charge in [-0.3, -0.25) is 18.8 Å². The number of hydrogen-bond donors (Lipinski definition) is 2. The van der Waals surface area contributed by atoms with Gasteiger partial charge in [0.1, 0.15) is 6.54 Å². The summed E-state index contributed by atoms with van der Waals surface area (Å²) in [6.45, 7) is 5.32. The van der Waals surface area contributed by atoms with Crippen molar-refractivity contribution in [3.05, 3.63) is 47.8 Å². The normalized spacial score (nSPS) is 10.8. The molecule has 10 heteroatoms. The summed E-state index contributed by atoms with van der Waals surface area (Å²) in [5.74, 6) is -1.45. The van der Waals surface area contributed by atoms with E-state index in [9.17, 15) is 9.59 Å². The van der Waals surface area contributed by atoms with E-state index in [4.69, 9.17) is 5.11 Å². The Morgan fingerprint density at radius 2 is 2.04 bits per heavy atom. The fourth-order valence-electron chi connectivity index (χ4n) is 2.56. The molecule has 0 aliphatic heterocycles. The van der Waals surface area contributed by atoms with Crippen LogP contribution in [0.2, 0.25) is 0 Å². The van der Waals surface area contributed by atoms with Crippen LogP contribution >= 0.6 is 0 Å². The third kappa shape index (κ3) is 3.79. The number of aromatic nitrogens is 6. The lowest BCUT2D eigenvalue weighted by Gasteiger charge is -2.03. The van der Waals surface area contributed by atoms with Crippen LogP contribution in [0.5, 0.6) is 0 Å². The molecule has 0 bridgehead atoms. The van der Waals surface area contributed by atoms with Gasteiger partial charge in [0.05, 0.1) is 24.6 Å². The molecular weight excluding hydrogens is 338 g/mol. The number of nitrogens with zero attached hydrogens (tertiary/aromatic N) is 6. The van der Waals surface area contributed by atoms with Gasteiger partial charge in [0.15, 0.2) is 5.69 Å². The second kappa shape index (κ2) is 7.21. The molecule has 3 aromatic rings. The number of aromatic carboxylic acids is 1. The molecule has 10 nitrogen and oxygen atoms in total. The van der Waals surface area contributed by atoms with Gasteiger partial charge in [-0.2, -0.15) is 15.3 Å². The minimum Gasteiger partial charge on any atom is -0.476 e. The minimum absolute atomic E-state index is 0.0825. The highest BCUT2D eigenvalue weighted by Gasteiger charge is 2.11. The summed E-state index contributed by atoms with van der Waals surface area (Å²) < 4.78 is 4.90. The molecule has 0 spiro atoms. The number of carbonyl (C=O) groups is 2. The van der Waals surface area contributed by atoms with Crippen molar-refractivity contribution in [1.29, 1.82) is 0 Å². The maximum absolute atomic E-state index is 12.1. The fourth-order valence-corrected chi connectivity index (χ4v) is 2.56. The molecule has 0 aromatic carbocycles. The van der Waals surface area contributed by atoms with Crippen LogP contribution in [0, 0.1) is 6.92 Å². The van der Waals surface area contributed by atoms with E-state index >= 15 is 0 Å². The van der Waals surface area contributed by atoms with Crippen LogP contribution in [0.25, 0.3) is 0 Å². The Labute approximate surface area is 149 Å². The number of carbonyl (C=O) groups excluding carboxylic acids is 1. The van der Waals surface area contributed by atoms with Crippen LogP contribution in [0.1, 0.15) is 28.7 Å². The second-order valence-electron chi connectivity index (χ2n) is 5.75. The number of anilines is 1. The first-order valence-corrected chi connectivity index (χ1v) is 8.06. The molecule has 0 aliphatic carbocycles. The number of carboxylic acids is 1. The number of hydrogen-bond acceptors (Lipinski definition) is 5. The fraction of sp³-hybridized carbons (Fsp3) is 0.312. The molecule has 0 radical (unpaired) electrons. The van der Waals surface area contributed by atoms with Crippen molar-refractivity contribution >= 4 is 17.6 Å². The molecule has 0 saturated carbocycles. The lowest BCUT2D eigenvalue weighted by Crippen LogP contribution is -2.19. The number of nitrogens with one attached hydrogen (secondary N) is 1. The lowest BCUT2D eigenvalue weighted by atomic mass is 10.2. The number of rotatable bonds is 7. The van der Waals surface area contributed by atoms with Crippen LogP contribution in [0.4, 0.5) is 5.69 Å². The molecule has 0 fully saturated rings.